The van der Waals surface area contributed by atoms with Gasteiger partial charge in [-0.3, -0.25) is 0 Å². The van der Waals surface area contributed by atoms with Crippen LogP contribution in [0.15, 0.2) is 59.5 Å². The molecule has 3 rings (SSSR count). The first-order chi connectivity index (χ1) is 19.6. The predicted molar refractivity (Wildman–Crippen MR) is 150 cm³/mol. The van der Waals surface area contributed by atoms with Gasteiger partial charge in [0, 0.05) is 29.6 Å². The second-order valence-electron chi connectivity index (χ2n) is 10.3. The van der Waals surface area contributed by atoms with E-state index in [0.717, 1.165) is 6.26 Å². The van der Waals surface area contributed by atoms with Crippen molar-refractivity contribution in [2.75, 3.05) is 19.5 Å². The monoisotopic (exact) mass is 605 g/mol. The summed E-state index contributed by atoms with van der Waals surface area (Å²) in [5.41, 5.74) is 1.27. The summed E-state index contributed by atoms with van der Waals surface area (Å²) >= 11 is 0. The lowest BCUT2D eigenvalue weighted by molar-refractivity contribution is -0.757. The predicted octanol–water partition coefficient (Wildman–Crippen LogP) is 4.70. The van der Waals surface area contributed by atoms with E-state index in [2.05, 4.69) is 10.2 Å². The highest BCUT2D eigenvalue weighted by Gasteiger charge is 2.31. The first kappa shape index (κ1) is 32.1. The van der Waals surface area contributed by atoms with Crippen LogP contribution in [-0.2, 0) is 28.9 Å². The van der Waals surface area contributed by atoms with Gasteiger partial charge >= 0.3 is 12.1 Å². The average molecular weight is 606 g/mol. The molecule has 42 heavy (non-hydrogen) atoms. The highest BCUT2D eigenvalue weighted by atomic mass is 32.2. The summed E-state index contributed by atoms with van der Waals surface area (Å²) in [4.78, 5) is 40.8. The van der Waals surface area contributed by atoms with E-state index in [1.54, 1.807) is 56.5 Å². The van der Waals surface area contributed by atoms with Crippen molar-refractivity contribution < 1.29 is 41.8 Å². The maximum Gasteiger partial charge on any atom is 0.408 e. The lowest BCUT2D eigenvalue weighted by atomic mass is 10.1. The Kier molecular flexibility index (Phi) is 9.94. The molecule has 2 aromatic carbocycles. The molecule has 0 bridgehead atoms. The molecule has 1 unspecified atom stereocenters. The van der Waals surface area contributed by atoms with Crippen molar-refractivity contribution >= 4 is 21.9 Å². The molecular weight excluding hydrogens is 573 g/mol. The third-order valence-corrected chi connectivity index (χ3v) is 7.00. The van der Waals surface area contributed by atoms with Crippen molar-refractivity contribution in [1.82, 2.24) is 9.88 Å². The number of halogens is 1. The summed E-state index contributed by atoms with van der Waals surface area (Å²) in [6, 6.07) is 12.0. The van der Waals surface area contributed by atoms with Gasteiger partial charge in [0.2, 0.25) is 0 Å². The Morgan fingerprint density at radius 2 is 1.76 bits per heavy atom. The minimum absolute atomic E-state index is 0.0209. The molecule has 1 atom stereocenters. The highest BCUT2D eigenvalue weighted by molar-refractivity contribution is 7.90. The average Bonchev–Trinajstić information content (AvgIpc) is 3.22. The number of ether oxygens (including phenoxy) is 2. The molecule has 226 valence electrons. The molecule has 0 radical (unpaired) electrons. The van der Waals surface area contributed by atoms with E-state index >= 15 is 0 Å². The molecule has 1 aromatic heterocycles. The number of carbonyl (C=O) groups is 2. The summed E-state index contributed by atoms with van der Waals surface area (Å²) in [5.74, 6) is -1.39. The van der Waals surface area contributed by atoms with Crippen LogP contribution < -0.4 is 5.32 Å². The first-order valence-electron chi connectivity index (χ1n) is 12.8. The fourth-order valence-corrected chi connectivity index (χ4v) is 4.73. The fraction of sp³-hybridized carbons (Fsp3) is 0.357. The Bertz CT molecular complexity index is 1560. The molecule has 0 saturated heterocycles. The van der Waals surface area contributed by atoms with Crippen molar-refractivity contribution in [1.29, 1.82) is 0 Å². The van der Waals surface area contributed by atoms with E-state index in [1.165, 1.54) is 30.3 Å². The molecular formula is C28H32FN3O9S. The SMILES string of the molecule is Cc1c(C(NC(=O)OC(C)(C)C)C(=O)OCCCO[N+](=O)[O-])cc(-c2ccc(S(C)(=O)=O)cc2)n1-c1cccc(F)c1. The highest BCUT2D eigenvalue weighted by Crippen LogP contribution is 2.34. The van der Waals surface area contributed by atoms with Crippen LogP contribution in [0.5, 0.6) is 0 Å². The molecule has 3 aromatic rings. The van der Waals surface area contributed by atoms with Crippen LogP contribution in [0.2, 0.25) is 0 Å². The van der Waals surface area contributed by atoms with Gasteiger partial charge in [-0.1, -0.05) is 18.2 Å². The Morgan fingerprint density at radius 1 is 1.10 bits per heavy atom. The van der Waals surface area contributed by atoms with Gasteiger partial charge in [0.1, 0.15) is 11.4 Å². The van der Waals surface area contributed by atoms with E-state index in [4.69, 9.17) is 9.47 Å². The van der Waals surface area contributed by atoms with E-state index in [-0.39, 0.29) is 24.5 Å². The lowest BCUT2D eigenvalue weighted by Crippen LogP contribution is -2.39. The summed E-state index contributed by atoms with van der Waals surface area (Å²) in [6.07, 6.45) is 0.201. The maximum absolute atomic E-state index is 14.3. The standard InChI is InChI=1S/C28H32FN3O9S/c1-18-23(25(30-27(34)41-28(2,3)4)26(33)39-14-7-15-40-32(35)36)17-24(31(18)21-9-6-8-20(29)16-21)19-10-12-22(13-11-19)42(5,37)38/h6,8-13,16-17,25H,7,14-15H2,1-5H3,(H,30,34). The Balaban J connectivity index is 2.11. The van der Waals surface area contributed by atoms with Gasteiger partial charge in [-0.2, -0.15) is 0 Å². The van der Waals surface area contributed by atoms with E-state index in [0.29, 0.717) is 28.2 Å². The molecule has 0 aliphatic rings. The number of hydrogen-bond donors (Lipinski definition) is 1. The molecule has 14 heteroatoms. The van der Waals surface area contributed by atoms with Gasteiger partial charge in [0.05, 0.1) is 23.8 Å². The second-order valence-corrected chi connectivity index (χ2v) is 12.4. The normalized spacial score (nSPS) is 12.3. The topological polar surface area (TPSA) is 156 Å². The van der Waals surface area contributed by atoms with Gasteiger partial charge in [0.15, 0.2) is 15.9 Å². The Morgan fingerprint density at radius 3 is 2.33 bits per heavy atom. The quantitative estimate of drug-likeness (QED) is 0.142. The van der Waals surface area contributed by atoms with Crippen LogP contribution in [0, 0.1) is 22.9 Å². The van der Waals surface area contributed by atoms with Crippen LogP contribution in [0.4, 0.5) is 9.18 Å². The summed E-state index contributed by atoms with van der Waals surface area (Å²) < 4.78 is 50.6. The van der Waals surface area contributed by atoms with Crippen LogP contribution in [0.3, 0.4) is 0 Å². The molecule has 12 nitrogen and oxygen atoms in total. The van der Waals surface area contributed by atoms with Crippen LogP contribution in [-0.4, -0.2) is 55.2 Å². The molecule has 1 heterocycles. The van der Waals surface area contributed by atoms with Crippen molar-refractivity contribution in [3.8, 4) is 16.9 Å². The third-order valence-electron chi connectivity index (χ3n) is 5.87. The van der Waals surface area contributed by atoms with E-state index < -0.39 is 44.4 Å². The number of sulfone groups is 1. The number of amides is 1. The number of nitrogens with zero attached hydrogens (tertiary/aromatic N) is 2. The first-order valence-corrected chi connectivity index (χ1v) is 14.7. The minimum Gasteiger partial charge on any atom is -0.464 e. The Labute approximate surface area is 242 Å². The third kappa shape index (κ3) is 8.52. The summed E-state index contributed by atoms with van der Waals surface area (Å²) in [6.45, 7) is 6.09. The molecule has 0 aliphatic carbocycles. The largest absolute Gasteiger partial charge is 0.464 e. The number of benzene rings is 2. The molecule has 1 N–H and O–H groups in total. The van der Waals surface area contributed by atoms with Crippen LogP contribution in [0.25, 0.3) is 16.9 Å². The van der Waals surface area contributed by atoms with Gasteiger partial charge < -0.3 is 24.2 Å². The zero-order chi connectivity index (χ0) is 31.2. The van der Waals surface area contributed by atoms with Crippen LogP contribution >= 0.6 is 0 Å². The maximum atomic E-state index is 14.3. The van der Waals surface area contributed by atoms with Crippen molar-refractivity contribution in [3.05, 3.63) is 81.8 Å². The summed E-state index contributed by atoms with van der Waals surface area (Å²) in [7, 11) is -3.47. The zero-order valence-electron chi connectivity index (χ0n) is 23.7. The number of hydrogen-bond acceptors (Lipinski definition) is 9. The molecule has 0 saturated carbocycles. The minimum atomic E-state index is -3.47. The Hall–Kier alpha value is -4.46. The fourth-order valence-electron chi connectivity index (χ4n) is 4.09. The smallest absolute Gasteiger partial charge is 0.408 e. The number of nitrogens with one attached hydrogen (secondary N) is 1. The number of aromatic nitrogens is 1. The van der Waals surface area contributed by atoms with Crippen molar-refractivity contribution in [2.24, 2.45) is 0 Å². The van der Waals surface area contributed by atoms with E-state index in [1.807, 2.05) is 0 Å². The van der Waals surface area contributed by atoms with Crippen LogP contribution in [0.1, 0.15) is 44.5 Å². The molecule has 1 amide bonds. The zero-order valence-corrected chi connectivity index (χ0v) is 24.6. The molecule has 0 aliphatic heterocycles. The second kappa shape index (κ2) is 13.0. The van der Waals surface area contributed by atoms with Gasteiger partial charge in [0.25, 0.3) is 5.09 Å². The molecule has 0 fully saturated rings. The number of esters is 1. The number of alkyl carbamates (subject to hydrolysis) is 1. The van der Waals surface area contributed by atoms with Gasteiger partial charge in [-0.25, -0.2) is 22.4 Å². The summed E-state index contributed by atoms with van der Waals surface area (Å²) in [5, 5.41) is 11.9. The van der Waals surface area contributed by atoms with Gasteiger partial charge in [-0.05, 0) is 69.7 Å². The van der Waals surface area contributed by atoms with Crippen molar-refractivity contribution in [3.63, 3.8) is 0 Å². The molecule has 0 spiro atoms. The van der Waals surface area contributed by atoms with Crippen molar-refractivity contribution in [2.45, 2.75) is 50.7 Å². The lowest BCUT2D eigenvalue weighted by Gasteiger charge is -2.23. The number of rotatable bonds is 11. The van der Waals surface area contributed by atoms with Gasteiger partial charge in [-0.15, -0.1) is 10.1 Å². The van der Waals surface area contributed by atoms with E-state index in [9.17, 15) is 32.5 Å². The number of carbonyl (C=O) groups excluding carboxylic acids is 2.